The van der Waals surface area contributed by atoms with Crippen molar-refractivity contribution in [3.8, 4) is 17.2 Å². The van der Waals surface area contributed by atoms with E-state index in [9.17, 15) is 19.5 Å². The summed E-state index contributed by atoms with van der Waals surface area (Å²) in [5.74, 6) is -1.42. The third-order valence-corrected chi connectivity index (χ3v) is 6.21. The van der Waals surface area contributed by atoms with E-state index >= 15 is 0 Å². The third kappa shape index (κ3) is 5.36. The fraction of sp³-hybridized carbons (Fsp3) is 0.370. The molecule has 1 N–H and O–H groups in total. The summed E-state index contributed by atoms with van der Waals surface area (Å²) in [7, 11) is 2.89. The molecule has 192 valence electrons. The van der Waals surface area contributed by atoms with Gasteiger partial charge in [0.15, 0.2) is 0 Å². The molecule has 9 heteroatoms. The molecule has 3 rings (SSSR count). The number of carbonyl (C=O) groups excluding carboxylic acids is 3. The topological polar surface area (TPSA) is 106 Å². The van der Waals surface area contributed by atoms with Crippen molar-refractivity contribution >= 4 is 23.4 Å². The van der Waals surface area contributed by atoms with Gasteiger partial charge in [-0.2, -0.15) is 0 Å². The Balaban J connectivity index is 2.18. The van der Waals surface area contributed by atoms with E-state index in [2.05, 4.69) is 4.90 Å². The molecule has 1 fully saturated rings. The van der Waals surface area contributed by atoms with Crippen LogP contribution >= 0.6 is 0 Å². The van der Waals surface area contributed by atoms with Gasteiger partial charge in [0.25, 0.3) is 11.7 Å². The summed E-state index contributed by atoms with van der Waals surface area (Å²) in [4.78, 5) is 41.5. The fourth-order valence-electron chi connectivity index (χ4n) is 4.35. The van der Waals surface area contributed by atoms with Gasteiger partial charge in [0.1, 0.15) is 28.6 Å². The molecule has 0 aromatic heterocycles. The predicted molar refractivity (Wildman–Crippen MR) is 134 cm³/mol. The molecule has 1 heterocycles. The Labute approximate surface area is 210 Å². The Hall–Kier alpha value is -3.85. The molecule has 0 spiro atoms. The molecular weight excluding hydrogens is 464 g/mol. The first-order chi connectivity index (χ1) is 17.3. The summed E-state index contributed by atoms with van der Waals surface area (Å²) >= 11 is 0. The van der Waals surface area contributed by atoms with E-state index < -0.39 is 23.7 Å². The number of hydrogen-bond donors (Lipinski definition) is 1. The Morgan fingerprint density at radius 2 is 1.58 bits per heavy atom. The highest BCUT2D eigenvalue weighted by molar-refractivity contribution is 6.46. The van der Waals surface area contributed by atoms with Gasteiger partial charge in [-0.15, -0.1) is 0 Å². The van der Waals surface area contributed by atoms with E-state index in [0.717, 1.165) is 13.1 Å². The second kappa shape index (κ2) is 11.7. The molecule has 1 atom stereocenters. The average Bonchev–Trinajstić information content (AvgIpc) is 3.13. The first-order valence-corrected chi connectivity index (χ1v) is 11.8. The largest absolute Gasteiger partial charge is 0.506 e. The van der Waals surface area contributed by atoms with Crippen LogP contribution in [-0.4, -0.2) is 73.0 Å². The maximum absolute atomic E-state index is 13.3. The van der Waals surface area contributed by atoms with Gasteiger partial charge in [0, 0.05) is 20.0 Å². The molecule has 0 aliphatic carbocycles. The fourth-order valence-corrected chi connectivity index (χ4v) is 4.35. The minimum Gasteiger partial charge on any atom is -0.506 e. The molecule has 0 saturated carbocycles. The van der Waals surface area contributed by atoms with Gasteiger partial charge in [0.05, 0.1) is 25.8 Å². The van der Waals surface area contributed by atoms with Crippen molar-refractivity contribution in [1.29, 1.82) is 0 Å². The van der Waals surface area contributed by atoms with E-state index in [1.807, 2.05) is 13.8 Å². The number of likely N-dealkylation sites (N-methyl/N-ethyl adjacent to an activating group) is 1. The van der Waals surface area contributed by atoms with Gasteiger partial charge in [0.2, 0.25) is 0 Å². The molecule has 0 bridgehead atoms. The number of nitrogens with zero attached hydrogens (tertiary/aromatic N) is 2. The SMILES string of the molecule is CCN(CC)CCN1C(=O)C(=O)/C(=C(/O)c2c(OC)cccc2OC)C1c1ccc(OC(C)=O)cc1. The second-order valence-corrected chi connectivity index (χ2v) is 8.22. The molecule has 1 unspecified atom stereocenters. The van der Waals surface area contributed by atoms with Gasteiger partial charge < -0.3 is 29.1 Å². The van der Waals surface area contributed by atoms with E-state index in [1.54, 1.807) is 42.5 Å². The summed E-state index contributed by atoms with van der Waals surface area (Å²) in [5, 5.41) is 11.5. The van der Waals surface area contributed by atoms with Crippen LogP contribution in [0.5, 0.6) is 17.2 Å². The molecule has 9 nitrogen and oxygen atoms in total. The maximum Gasteiger partial charge on any atom is 0.308 e. The van der Waals surface area contributed by atoms with Crippen molar-refractivity contribution in [3.63, 3.8) is 0 Å². The van der Waals surface area contributed by atoms with E-state index in [4.69, 9.17) is 14.2 Å². The van der Waals surface area contributed by atoms with Crippen LogP contribution in [-0.2, 0) is 14.4 Å². The molecule has 1 saturated heterocycles. The Morgan fingerprint density at radius 3 is 2.08 bits per heavy atom. The Kier molecular flexibility index (Phi) is 8.71. The minimum atomic E-state index is -0.860. The van der Waals surface area contributed by atoms with Gasteiger partial charge in [-0.3, -0.25) is 14.4 Å². The molecule has 1 amide bonds. The minimum absolute atomic E-state index is 0.0671. The summed E-state index contributed by atoms with van der Waals surface area (Å²) < 4.78 is 16.0. The lowest BCUT2D eigenvalue weighted by Crippen LogP contribution is -2.38. The highest BCUT2D eigenvalue weighted by atomic mass is 16.5. The van der Waals surface area contributed by atoms with E-state index in [-0.39, 0.29) is 23.4 Å². The zero-order valence-corrected chi connectivity index (χ0v) is 21.2. The quantitative estimate of drug-likeness (QED) is 0.175. The summed E-state index contributed by atoms with van der Waals surface area (Å²) in [6.07, 6.45) is 0. The van der Waals surface area contributed by atoms with Crippen LogP contribution in [0.1, 0.15) is 37.9 Å². The molecule has 1 aliphatic heterocycles. The Bertz CT molecular complexity index is 1130. The Morgan fingerprint density at radius 1 is 1.00 bits per heavy atom. The van der Waals surface area contributed by atoms with Crippen molar-refractivity contribution in [2.75, 3.05) is 40.4 Å². The number of Topliss-reactive ketones (excluding diaryl/α,β-unsaturated/α-hetero) is 1. The van der Waals surface area contributed by atoms with Gasteiger partial charge >= 0.3 is 5.97 Å². The lowest BCUT2D eigenvalue weighted by atomic mass is 9.94. The number of amides is 1. The third-order valence-electron chi connectivity index (χ3n) is 6.21. The number of esters is 1. The summed E-state index contributed by atoms with van der Waals surface area (Å²) in [5.41, 5.74) is 0.702. The smallest absolute Gasteiger partial charge is 0.308 e. The van der Waals surface area contributed by atoms with E-state index in [0.29, 0.717) is 29.4 Å². The predicted octanol–water partition coefficient (Wildman–Crippen LogP) is 3.39. The molecular formula is C27H32N2O7. The number of ether oxygens (including phenoxy) is 3. The van der Waals surface area contributed by atoms with Crippen LogP contribution < -0.4 is 14.2 Å². The summed E-state index contributed by atoms with van der Waals surface area (Å²) in [6, 6.07) is 10.6. The normalized spacial score (nSPS) is 16.9. The van der Waals surface area contributed by atoms with Gasteiger partial charge in [-0.1, -0.05) is 32.0 Å². The molecule has 36 heavy (non-hydrogen) atoms. The maximum atomic E-state index is 13.3. The number of aliphatic hydroxyl groups excluding tert-OH is 1. The number of benzene rings is 2. The van der Waals surface area contributed by atoms with Gasteiger partial charge in [-0.25, -0.2) is 0 Å². The van der Waals surface area contributed by atoms with Crippen LogP contribution in [0.3, 0.4) is 0 Å². The number of likely N-dealkylation sites (tertiary alicyclic amines) is 1. The molecule has 2 aromatic rings. The van der Waals surface area contributed by atoms with Crippen molar-refractivity contribution in [2.24, 2.45) is 0 Å². The number of aliphatic hydroxyl groups is 1. The lowest BCUT2D eigenvalue weighted by molar-refractivity contribution is -0.140. The number of methoxy groups -OCH3 is 2. The molecule has 2 aromatic carbocycles. The zero-order valence-electron chi connectivity index (χ0n) is 21.2. The van der Waals surface area contributed by atoms with Crippen molar-refractivity contribution in [1.82, 2.24) is 9.80 Å². The summed E-state index contributed by atoms with van der Waals surface area (Å²) in [6.45, 7) is 7.77. The first-order valence-electron chi connectivity index (χ1n) is 11.8. The first kappa shape index (κ1) is 26.7. The number of ketones is 1. The van der Waals surface area contributed by atoms with Crippen LogP contribution in [0.4, 0.5) is 0 Å². The lowest BCUT2D eigenvalue weighted by Gasteiger charge is -2.28. The molecule has 1 aliphatic rings. The average molecular weight is 497 g/mol. The standard InChI is InChI=1S/C27H32N2O7/c1-6-28(7-2)15-16-29-24(18-11-13-19(14-12-18)36-17(3)30)23(26(32)27(29)33)25(31)22-20(34-4)9-8-10-21(22)35-5/h8-14,24,31H,6-7,15-16H2,1-5H3/b25-23+. The number of hydrogen-bond acceptors (Lipinski definition) is 8. The highest BCUT2D eigenvalue weighted by Crippen LogP contribution is 2.43. The second-order valence-electron chi connectivity index (χ2n) is 8.22. The van der Waals surface area contributed by atoms with Crippen LogP contribution in [0.25, 0.3) is 5.76 Å². The number of carbonyl (C=O) groups is 3. The van der Waals surface area contributed by atoms with Crippen LogP contribution in [0.2, 0.25) is 0 Å². The van der Waals surface area contributed by atoms with Crippen LogP contribution in [0.15, 0.2) is 48.0 Å². The number of rotatable bonds is 10. The van der Waals surface area contributed by atoms with Gasteiger partial charge in [-0.05, 0) is 42.9 Å². The van der Waals surface area contributed by atoms with Crippen LogP contribution in [0, 0.1) is 0 Å². The van der Waals surface area contributed by atoms with Crippen molar-refractivity contribution < 1.29 is 33.7 Å². The highest BCUT2D eigenvalue weighted by Gasteiger charge is 2.46. The zero-order chi connectivity index (χ0) is 26.4. The molecule has 0 radical (unpaired) electrons. The van der Waals surface area contributed by atoms with Crippen molar-refractivity contribution in [2.45, 2.75) is 26.8 Å². The monoisotopic (exact) mass is 496 g/mol. The van der Waals surface area contributed by atoms with E-state index in [1.165, 1.54) is 26.0 Å². The van der Waals surface area contributed by atoms with Crippen molar-refractivity contribution in [3.05, 3.63) is 59.2 Å².